The Hall–Kier alpha value is -1.76. The summed E-state index contributed by atoms with van der Waals surface area (Å²) >= 11 is 0. The van der Waals surface area contributed by atoms with E-state index in [2.05, 4.69) is 64.1 Å². The van der Waals surface area contributed by atoms with E-state index in [0.29, 0.717) is 6.61 Å². The zero-order chi connectivity index (χ0) is 13.9. The Kier molecular flexibility index (Phi) is 3.94. The van der Waals surface area contributed by atoms with Gasteiger partial charge < -0.3 is 4.74 Å². The Morgan fingerprint density at radius 2 is 1.63 bits per heavy atom. The number of benzene rings is 2. The van der Waals surface area contributed by atoms with Gasteiger partial charge in [0.15, 0.2) is 0 Å². The van der Waals surface area contributed by atoms with Crippen LogP contribution in [0.5, 0.6) is 5.75 Å². The van der Waals surface area contributed by atoms with Crippen LogP contribution in [0, 0.1) is 6.92 Å². The van der Waals surface area contributed by atoms with E-state index in [4.69, 9.17) is 4.74 Å². The van der Waals surface area contributed by atoms with Gasteiger partial charge in [0.2, 0.25) is 0 Å². The van der Waals surface area contributed by atoms with Gasteiger partial charge >= 0.3 is 0 Å². The van der Waals surface area contributed by atoms with Crippen LogP contribution in [0.2, 0.25) is 0 Å². The molecule has 0 amide bonds. The smallest absolute Gasteiger partial charge is 0.119 e. The number of hydrogen-bond donors (Lipinski definition) is 0. The van der Waals surface area contributed by atoms with Crippen LogP contribution in [0.1, 0.15) is 37.5 Å². The van der Waals surface area contributed by atoms with Gasteiger partial charge in [-0.3, -0.25) is 0 Å². The van der Waals surface area contributed by atoms with Crippen molar-refractivity contribution in [1.29, 1.82) is 0 Å². The van der Waals surface area contributed by atoms with Crippen LogP contribution in [-0.4, -0.2) is 0 Å². The first-order valence-electron chi connectivity index (χ1n) is 6.74. The molecule has 2 rings (SSSR count). The zero-order valence-corrected chi connectivity index (χ0v) is 12.2. The topological polar surface area (TPSA) is 9.23 Å². The summed E-state index contributed by atoms with van der Waals surface area (Å²) in [6, 6.07) is 16.8. The maximum atomic E-state index is 5.81. The van der Waals surface area contributed by atoms with Crippen LogP contribution in [-0.2, 0) is 12.0 Å². The first-order chi connectivity index (χ1) is 8.95. The maximum absolute atomic E-state index is 5.81. The van der Waals surface area contributed by atoms with Crippen LogP contribution in [0.3, 0.4) is 0 Å². The van der Waals surface area contributed by atoms with E-state index in [-0.39, 0.29) is 5.41 Å². The fraction of sp³-hybridized carbons (Fsp3) is 0.333. The van der Waals surface area contributed by atoms with Crippen LogP contribution < -0.4 is 4.74 Å². The van der Waals surface area contributed by atoms with Crippen molar-refractivity contribution in [3.63, 3.8) is 0 Å². The molecular formula is C18H22O. The van der Waals surface area contributed by atoms with Crippen LogP contribution in [0.15, 0.2) is 48.5 Å². The summed E-state index contributed by atoms with van der Waals surface area (Å²) in [4.78, 5) is 0. The molecule has 0 atom stereocenters. The van der Waals surface area contributed by atoms with Crippen molar-refractivity contribution in [1.82, 2.24) is 0 Å². The molecule has 0 fully saturated rings. The van der Waals surface area contributed by atoms with Crippen molar-refractivity contribution in [3.8, 4) is 5.75 Å². The van der Waals surface area contributed by atoms with Gasteiger partial charge in [-0.2, -0.15) is 0 Å². The average molecular weight is 254 g/mol. The largest absolute Gasteiger partial charge is 0.489 e. The highest BCUT2D eigenvalue weighted by Gasteiger charge is 2.13. The molecule has 0 radical (unpaired) electrons. The van der Waals surface area contributed by atoms with Gasteiger partial charge in [-0.05, 0) is 35.6 Å². The highest BCUT2D eigenvalue weighted by Crippen LogP contribution is 2.23. The summed E-state index contributed by atoms with van der Waals surface area (Å²) in [6.45, 7) is 9.39. The molecule has 0 saturated carbocycles. The number of rotatable bonds is 3. The van der Waals surface area contributed by atoms with E-state index >= 15 is 0 Å². The lowest BCUT2D eigenvalue weighted by Gasteiger charge is -2.19. The van der Waals surface area contributed by atoms with E-state index < -0.39 is 0 Å². The van der Waals surface area contributed by atoms with Crippen LogP contribution in [0.25, 0.3) is 0 Å². The van der Waals surface area contributed by atoms with E-state index in [0.717, 1.165) is 5.75 Å². The molecule has 0 saturated heterocycles. The second kappa shape index (κ2) is 5.48. The van der Waals surface area contributed by atoms with Gasteiger partial charge in [0, 0.05) is 0 Å². The van der Waals surface area contributed by atoms with E-state index in [9.17, 15) is 0 Å². The lowest BCUT2D eigenvalue weighted by molar-refractivity contribution is 0.306. The zero-order valence-electron chi connectivity index (χ0n) is 12.2. The fourth-order valence-electron chi connectivity index (χ4n) is 1.93. The minimum absolute atomic E-state index is 0.180. The van der Waals surface area contributed by atoms with Crippen molar-refractivity contribution in [2.75, 3.05) is 0 Å². The van der Waals surface area contributed by atoms with Gasteiger partial charge in [0.1, 0.15) is 12.4 Å². The number of hydrogen-bond acceptors (Lipinski definition) is 1. The van der Waals surface area contributed by atoms with Crippen LogP contribution >= 0.6 is 0 Å². The van der Waals surface area contributed by atoms with Gasteiger partial charge in [0.25, 0.3) is 0 Å². The SMILES string of the molecule is Cc1ccc(OCc2cccc(C(C)(C)C)c2)cc1. The summed E-state index contributed by atoms with van der Waals surface area (Å²) in [6.07, 6.45) is 0. The number of aryl methyl sites for hydroxylation is 1. The van der Waals surface area contributed by atoms with Gasteiger partial charge in [-0.15, -0.1) is 0 Å². The van der Waals surface area contributed by atoms with Crippen LogP contribution in [0.4, 0.5) is 0 Å². The Balaban J connectivity index is 2.05. The normalized spacial score (nSPS) is 11.4. The van der Waals surface area contributed by atoms with Crippen molar-refractivity contribution in [2.45, 2.75) is 39.7 Å². The first-order valence-corrected chi connectivity index (χ1v) is 6.74. The van der Waals surface area contributed by atoms with Crippen molar-refractivity contribution in [2.24, 2.45) is 0 Å². The van der Waals surface area contributed by atoms with Crippen molar-refractivity contribution < 1.29 is 4.74 Å². The first kappa shape index (κ1) is 13.7. The molecule has 2 aromatic rings. The van der Waals surface area contributed by atoms with E-state index in [1.807, 2.05) is 12.1 Å². The molecule has 0 spiro atoms. The predicted octanol–water partition coefficient (Wildman–Crippen LogP) is 4.87. The Labute approximate surface area is 116 Å². The van der Waals surface area contributed by atoms with Crippen molar-refractivity contribution in [3.05, 3.63) is 65.2 Å². The second-order valence-electron chi connectivity index (χ2n) is 6.05. The molecule has 1 nitrogen and oxygen atoms in total. The van der Waals surface area contributed by atoms with E-state index in [1.54, 1.807) is 0 Å². The van der Waals surface area contributed by atoms with Gasteiger partial charge in [-0.25, -0.2) is 0 Å². The monoisotopic (exact) mass is 254 g/mol. The molecule has 19 heavy (non-hydrogen) atoms. The fourth-order valence-corrected chi connectivity index (χ4v) is 1.93. The summed E-state index contributed by atoms with van der Waals surface area (Å²) in [5.41, 5.74) is 3.99. The average Bonchev–Trinajstić information content (AvgIpc) is 2.37. The lowest BCUT2D eigenvalue weighted by atomic mass is 9.86. The highest BCUT2D eigenvalue weighted by molar-refractivity contribution is 5.30. The van der Waals surface area contributed by atoms with E-state index in [1.165, 1.54) is 16.7 Å². The summed E-state index contributed by atoms with van der Waals surface area (Å²) in [5, 5.41) is 0. The Bertz CT molecular complexity index is 532. The second-order valence-corrected chi connectivity index (χ2v) is 6.05. The molecule has 0 aliphatic rings. The lowest BCUT2D eigenvalue weighted by Crippen LogP contribution is -2.11. The quantitative estimate of drug-likeness (QED) is 0.759. The molecule has 100 valence electrons. The molecule has 1 heteroatoms. The molecular weight excluding hydrogens is 232 g/mol. The molecule has 0 unspecified atom stereocenters. The molecule has 0 aliphatic carbocycles. The molecule has 0 bridgehead atoms. The summed E-state index contributed by atoms with van der Waals surface area (Å²) < 4.78 is 5.81. The number of ether oxygens (including phenoxy) is 1. The standard InChI is InChI=1S/C18H22O/c1-14-8-10-17(11-9-14)19-13-15-6-5-7-16(12-15)18(2,3)4/h5-12H,13H2,1-4H3. The molecule has 2 aromatic carbocycles. The predicted molar refractivity (Wildman–Crippen MR) is 80.7 cm³/mol. The molecule has 0 aromatic heterocycles. The molecule has 0 aliphatic heterocycles. The van der Waals surface area contributed by atoms with Gasteiger partial charge in [-0.1, -0.05) is 62.7 Å². The Morgan fingerprint density at radius 1 is 0.947 bits per heavy atom. The molecule has 0 N–H and O–H groups in total. The summed E-state index contributed by atoms with van der Waals surface area (Å²) in [7, 11) is 0. The third kappa shape index (κ3) is 3.85. The Morgan fingerprint density at radius 3 is 2.26 bits per heavy atom. The molecule has 0 heterocycles. The highest BCUT2D eigenvalue weighted by atomic mass is 16.5. The third-order valence-corrected chi connectivity index (χ3v) is 3.22. The maximum Gasteiger partial charge on any atom is 0.119 e. The third-order valence-electron chi connectivity index (χ3n) is 3.22. The summed E-state index contributed by atoms with van der Waals surface area (Å²) in [5.74, 6) is 0.923. The minimum Gasteiger partial charge on any atom is -0.489 e. The van der Waals surface area contributed by atoms with Crippen molar-refractivity contribution >= 4 is 0 Å². The van der Waals surface area contributed by atoms with Gasteiger partial charge in [0.05, 0.1) is 0 Å². The minimum atomic E-state index is 0.180.